The van der Waals surface area contributed by atoms with E-state index in [2.05, 4.69) is 15.8 Å². The van der Waals surface area contributed by atoms with Gasteiger partial charge in [0.15, 0.2) is 23.1 Å². The minimum absolute atomic E-state index is 0.0378. The van der Waals surface area contributed by atoms with E-state index in [1.54, 1.807) is 13.0 Å². The fourth-order valence-electron chi connectivity index (χ4n) is 3.08. The van der Waals surface area contributed by atoms with Crippen LogP contribution in [0.25, 0.3) is 0 Å². The highest BCUT2D eigenvalue weighted by Crippen LogP contribution is 2.13. The Morgan fingerprint density at radius 1 is 1.26 bits per heavy atom. The normalized spacial score (nSPS) is 16.7. The maximum Gasteiger partial charge on any atom is 0.360 e. The van der Waals surface area contributed by atoms with Gasteiger partial charge in [0.25, 0.3) is 0 Å². The number of halogens is 2. The molecule has 2 N–H and O–H groups in total. The lowest BCUT2D eigenvalue weighted by atomic mass is 10.1. The largest absolute Gasteiger partial charge is 0.461 e. The van der Waals surface area contributed by atoms with Gasteiger partial charge in [-0.2, -0.15) is 0 Å². The summed E-state index contributed by atoms with van der Waals surface area (Å²) >= 11 is 0. The lowest BCUT2D eigenvalue weighted by molar-refractivity contribution is -0.0287. The van der Waals surface area contributed by atoms with Crippen LogP contribution < -0.4 is 10.6 Å². The molecule has 31 heavy (non-hydrogen) atoms. The van der Waals surface area contributed by atoms with Gasteiger partial charge in [-0.25, -0.2) is 18.4 Å². The van der Waals surface area contributed by atoms with Gasteiger partial charge in [0.2, 0.25) is 0 Å². The van der Waals surface area contributed by atoms with E-state index < -0.39 is 23.6 Å². The van der Waals surface area contributed by atoms with Gasteiger partial charge in [-0.1, -0.05) is 11.2 Å². The summed E-state index contributed by atoms with van der Waals surface area (Å²) in [5, 5.41) is 8.91. The molecule has 0 unspecified atom stereocenters. The lowest BCUT2D eigenvalue weighted by Gasteiger charge is -2.33. The molecule has 1 aromatic heterocycles. The number of carbonyl (C=O) groups is 2. The number of aromatic nitrogens is 1. The van der Waals surface area contributed by atoms with Crippen LogP contribution in [0.5, 0.6) is 0 Å². The average Bonchev–Trinajstić information content (AvgIpc) is 3.23. The number of hydrogen-bond acceptors (Lipinski definition) is 7. The predicted molar refractivity (Wildman–Crippen MR) is 104 cm³/mol. The Balaban J connectivity index is 1.39. The minimum Gasteiger partial charge on any atom is -0.461 e. The van der Waals surface area contributed by atoms with Gasteiger partial charge in [-0.05, 0) is 24.6 Å². The first-order chi connectivity index (χ1) is 14.9. The highest BCUT2D eigenvalue weighted by atomic mass is 19.2. The Hall–Kier alpha value is -3.05. The van der Waals surface area contributed by atoms with Gasteiger partial charge in [0.1, 0.15) is 0 Å². The van der Waals surface area contributed by atoms with Crippen LogP contribution in [0.3, 0.4) is 0 Å². The smallest absolute Gasteiger partial charge is 0.360 e. The van der Waals surface area contributed by atoms with Crippen molar-refractivity contribution in [2.75, 3.05) is 32.8 Å². The van der Waals surface area contributed by atoms with Gasteiger partial charge in [-0.3, -0.25) is 4.90 Å². The number of amides is 2. The third-order valence-corrected chi connectivity index (χ3v) is 4.57. The molecule has 3 rings (SSSR count). The SMILES string of the molecule is CCOC(=O)c1cc(CNC(=O)NC[C@H]2CN(Cc3ccc(F)c(F)c3)CCO2)on1. The van der Waals surface area contributed by atoms with Crippen LogP contribution in [-0.2, 0) is 22.6 Å². The van der Waals surface area contributed by atoms with E-state index in [-0.39, 0.29) is 31.5 Å². The number of benzene rings is 1. The van der Waals surface area contributed by atoms with Crippen molar-refractivity contribution in [1.82, 2.24) is 20.7 Å². The fraction of sp³-hybridized carbons (Fsp3) is 0.450. The third kappa shape index (κ3) is 6.72. The van der Waals surface area contributed by atoms with Gasteiger partial charge in [0, 0.05) is 32.2 Å². The van der Waals surface area contributed by atoms with Crippen molar-refractivity contribution in [1.29, 1.82) is 0 Å². The number of nitrogens with one attached hydrogen (secondary N) is 2. The van der Waals surface area contributed by atoms with Gasteiger partial charge in [-0.15, -0.1) is 0 Å². The molecular weight excluding hydrogens is 414 g/mol. The maximum atomic E-state index is 13.4. The van der Waals surface area contributed by atoms with E-state index in [1.165, 1.54) is 12.1 Å². The zero-order valence-corrected chi connectivity index (χ0v) is 17.0. The maximum absolute atomic E-state index is 13.4. The minimum atomic E-state index is -0.874. The fourth-order valence-corrected chi connectivity index (χ4v) is 3.08. The van der Waals surface area contributed by atoms with E-state index in [1.807, 2.05) is 4.90 Å². The molecule has 168 valence electrons. The van der Waals surface area contributed by atoms with Crippen molar-refractivity contribution < 1.29 is 32.4 Å². The summed E-state index contributed by atoms with van der Waals surface area (Å²) in [6, 6.07) is 4.81. The molecule has 11 heteroatoms. The number of carbonyl (C=O) groups excluding carboxylic acids is 2. The first kappa shape index (κ1) is 22.6. The second-order valence-electron chi connectivity index (χ2n) is 6.94. The van der Waals surface area contributed by atoms with E-state index in [0.29, 0.717) is 37.6 Å². The number of urea groups is 1. The van der Waals surface area contributed by atoms with Crippen LogP contribution in [0.15, 0.2) is 28.8 Å². The molecule has 1 aliphatic heterocycles. The number of ether oxygens (including phenoxy) is 2. The molecule has 9 nitrogen and oxygen atoms in total. The van der Waals surface area contributed by atoms with Crippen molar-refractivity contribution in [3.05, 3.63) is 52.9 Å². The molecule has 0 spiro atoms. The molecule has 0 saturated carbocycles. The molecule has 1 fully saturated rings. The summed E-state index contributed by atoms with van der Waals surface area (Å²) in [5.74, 6) is -2.03. The van der Waals surface area contributed by atoms with Crippen molar-refractivity contribution in [2.45, 2.75) is 26.1 Å². The van der Waals surface area contributed by atoms with Gasteiger partial charge >= 0.3 is 12.0 Å². The van der Waals surface area contributed by atoms with E-state index in [9.17, 15) is 18.4 Å². The van der Waals surface area contributed by atoms with Gasteiger partial charge < -0.3 is 24.6 Å². The highest BCUT2D eigenvalue weighted by Gasteiger charge is 2.21. The first-order valence-electron chi connectivity index (χ1n) is 9.87. The van der Waals surface area contributed by atoms with Crippen LogP contribution in [-0.4, -0.2) is 61.0 Å². The molecular formula is C20H24F2N4O5. The van der Waals surface area contributed by atoms with Crippen LogP contribution in [0.2, 0.25) is 0 Å². The van der Waals surface area contributed by atoms with Gasteiger partial charge in [0.05, 0.1) is 25.9 Å². The van der Waals surface area contributed by atoms with Crippen molar-refractivity contribution >= 4 is 12.0 Å². The zero-order chi connectivity index (χ0) is 22.2. The highest BCUT2D eigenvalue weighted by molar-refractivity contribution is 5.87. The Morgan fingerprint density at radius 3 is 2.87 bits per heavy atom. The molecule has 0 radical (unpaired) electrons. The van der Waals surface area contributed by atoms with E-state index in [4.69, 9.17) is 14.0 Å². The Morgan fingerprint density at radius 2 is 2.10 bits per heavy atom. The van der Waals surface area contributed by atoms with Crippen molar-refractivity contribution in [3.63, 3.8) is 0 Å². The second kappa shape index (κ2) is 10.8. The van der Waals surface area contributed by atoms with E-state index >= 15 is 0 Å². The predicted octanol–water partition coefficient (Wildman–Crippen LogP) is 1.83. The summed E-state index contributed by atoms with van der Waals surface area (Å²) < 4.78 is 41.9. The molecule has 2 amide bonds. The van der Waals surface area contributed by atoms with Crippen LogP contribution >= 0.6 is 0 Å². The number of nitrogens with zero attached hydrogens (tertiary/aromatic N) is 2. The third-order valence-electron chi connectivity index (χ3n) is 4.57. The van der Waals surface area contributed by atoms with Crippen LogP contribution in [0, 0.1) is 11.6 Å². The zero-order valence-electron chi connectivity index (χ0n) is 17.0. The molecule has 1 aromatic carbocycles. The summed E-state index contributed by atoms with van der Waals surface area (Å²) in [4.78, 5) is 25.6. The summed E-state index contributed by atoms with van der Waals surface area (Å²) in [7, 11) is 0. The van der Waals surface area contributed by atoms with Crippen molar-refractivity contribution in [2.24, 2.45) is 0 Å². The monoisotopic (exact) mass is 438 g/mol. The molecule has 0 aliphatic carbocycles. The lowest BCUT2D eigenvalue weighted by Crippen LogP contribution is -2.48. The number of hydrogen-bond donors (Lipinski definition) is 2. The summed E-state index contributed by atoms with van der Waals surface area (Å²) in [5.41, 5.74) is 0.704. The second-order valence-corrected chi connectivity index (χ2v) is 6.94. The molecule has 1 aliphatic rings. The first-order valence-corrected chi connectivity index (χ1v) is 9.87. The van der Waals surface area contributed by atoms with Crippen LogP contribution in [0.1, 0.15) is 28.7 Å². The Kier molecular flexibility index (Phi) is 7.90. The van der Waals surface area contributed by atoms with Crippen molar-refractivity contribution in [3.8, 4) is 0 Å². The molecule has 1 saturated heterocycles. The van der Waals surface area contributed by atoms with E-state index in [0.717, 1.165) is 6.07 Å². The average molecular weight is 438 g/mol. The molecule has 0 bridgehead atoms. The molecule has 2 aromatic rings. The standard InChI is InChI=1S/C20H24F2N4O5/c1-2-29-19(27)18-8-14(31-25-18)9-23-20(28)24-10-15-12-26(5-6-30-15)11-13-3-4-16(21)17(22)7-13/h3-4,7-8,15H,2,5-6,9-12H2,1H3,(H2,23,24,28)/t15-/m0/s1. The molecule has 1 atom stereocenters. The number of esters is 1. The Bertz CT molecular complexity index is 907. The summed E-state index contributed by atoms with van der Waals surface area (Å²) in [6.45, 7) is 4.33. The summed E-state index contributed by atoms with van der Waals surface area (Å²) in [6.07, 6.45) is -0.245. The topological polar surface area (TPSA) is 106 Å². The number of morpholine rings is 1. The van der Waals surface area contributed by atoms with Crippen LogP contribution in [0.4, 0.5) is 13.6 Å². The number of rotatable bonds is 8. The Labute approximate surface area is 177 Å². The quantitative estimate of drug-likeness (QED) is 0.606. The molecule has 2 heterocycles.